The number of ether oxygens (including phenoxy) is 1. The summed E-state index contributed by atoms with van der Waals surface area (Å²) < 4.78 is 5.17. The Kier molecular flexibility index (Phi) is 5.71. The van der Waals surface area contributed by atoms with Crippen LogP contribution in [0.3, 0.4) is 0 Å². The number of anilines is 1. The van der Waals surface area contributed by atoms with E-state index in [1.807, 2.05) is 24.3 Å². The average Bonchev–Trinajstić information content (AvgIpc) is 3.50. The van der Waals surface area contributed by atoms with Crippen LogP contribution >= 0.6 is 0 Å². The molecule has 7 nitrogen and oxygen atoms in total. The van der Waals surface area contributed by atoms with Crippen LogP contribution in [-0.4, -0.2) is 30.9 Å². The number of methoxy groups -OCH3 is 1. The highest BCUT2D eigenvalue weighted by Crippen LogP contribution is 2.19. The summed E-state index contributed by atoms with van der Waals surface area (Å²) in [6.45, 7) is 0.306. The molecule has 0 atom stereocenters. The van der Waals surface area contributed by atoms with Crippen LogP contribution in [0.25, 0.3) is 0 Å². The van der Waals surface area contributed by atoms with Crippen LogP contribution in [0.5, 0.6) is 5.75 Å². The molecule has 1 fully saturated rings. The molecule has 1 saturated carbocycles. The summed E-state index contributed by atoms with van der Waals surface area (Å²) >= 11 is 0. The quantitative estimate of drug-likeness (QED) is 0.679. The Morgan fingerprint density at radius 2 is 1.81 bits per heavy atom. The average molecular weight is 367 g/mol. The van der Waals surface area contributed by atoms with E-state index in [0.717, 1.165) is 18.4 Å². The number of carbonyl (C=O) groups is 3. The summed E-state index contributed by atoms with van der Waals surface area (Å²) in [7, 11) is 1.58. The lowest BCUT2D eigenvalue weighted by Gasteiger charge is -2.12. The summed E-state index contributed by atoms with van der Waals surface area (Å²) in [5.41, 5.74) is 1.46. The third-order valence-electron chi connectivity index (χ3n) is 4.13. The molecule has 0 spiro atoms. The molecule has 3 N–H and O–H groups in total. The van der Waals surface area contributed by atoms with Crippen molar-refractivity contribution in [2.24, 2.45) is 0 Å². The molecule has 0 unspecified atom stereocenters. The van der Waals surface area contributed by atoms with E-state index < -0.39 is 11.8 Å². The lowest BCUT2D eigenvalue weighted by Crippen LogP contribution is -2.37. The van der Waals surface area contributed by atoms with Crippen molar-refractivity contribution in [3.63, 3.8) is 0 Å². The normalized spacial score (nSPS) is 12.8. The standard InChI is InChI=1S/C20H21N3O4/c1-27-15-6-4-5-13(11-15)12-21-18(24)16-7-2-3-8-17(16)23-20(26)19(25)22-14-9-10-14/h2-8,11,14H,9-10,12H2,1H3,(H,21,24)(H,22,25)(H,23,26). The molecule has 3 amide bonds. The van der Waals surface area contributed by atoms with Gasteiger partial charge in [-0.25, -0.2) is 0 Å². The van der Waals surface area contributed by atoms with Gasteiger partial charge in [0.05, 0.1) is 18.4 Å². The maximum atomic E-state index is 12.5. The first kappa shape index (κ1) is 18.4. The molecule has 0 aromatic heterocycles. The van der Waals surface area contributed by atoms with E-state index in [4.69, 9.17) is 4.74 Å². The van der Waals surface area contributed by atoms with Crippen LogP contribution in [0.1, 0.15) is 28.8 Å². The summed E-state index contributed by atoms with van der Waals surface area (Å²) in [5, 5.41) is 7.93. The lowest BCUT2D eigenvalue weighted by molar-refractivity contribution is -0.136. The number of nitrogens with one attached hydrogen (secondary N) is 3. The molecule has 1 aliphatic carbocycles. The number of rotatable bonds is 6. The van der Waals surface area contributed by atoms with Gasteiger partial charge in [-0.1, -0.05) is 24.3 Å². The van der Waals surface area contributed by atoms with Crippen molar-refractivity contribution < 1.29 is 19.1 Å². The van der Waals surface area contributed by atoms with Crippen molar-refractivity contribution in [2.75, 3.05) is 12.4 Å². The second kappa shape index (κ2) is 8.35. The highest BCUT2D eigenvalue weighted by molar-refractivity contribution is 6.40. The Bertz CT molecular complexity index is 862. The smallest absolute Gasteiger partial charge is 0.313 e. The highest BCUT2D eigenvalue weighted by atomic mass is 16.5. The molecule has 0 aliphatic heterocycles. The number of carbonyl (C=O) groups excluding carboxylic acids is 3. The molecule has 0 saturated heterocycles. The van der Waals surface area contributed by atoms with Crippen LogP contribution in [0.4, 0.5) is 5.69 Å². The minimum absolute atomic E-state index is 0.0876. The van der Waals surface area contributed by atoms with Gasteiger partial charge in [-0.15, -0.1) is 0 Å². The Labute approximate surface area is 157 Å². The summed E-state index contributed by atoms with van der Waals surface area (Å²) in [5.74, 6) is -1.12. The van der Waals surface area contributed by atoms with Gasteiger partial charge in [0.25, 0.3) is 5.91 Å². The third kappa shape index (κ3) is 5.07. The molecular weight excluding hydrogens is 346 g/mol. The molecular formula is C20H21N3O4. The SMILES string of the molecule is COc1cccc(CNC(=O)c2ccccc2NC(=O)C(=O)NC2CC2)c1. The van der Waals surface area contributed by atoms with Crippen LogP contribution in [-0.2, 0) is 16.1 Å². The first-order chi connectivity index (χ1) is 13.1. The number of amides is 3. The number of hydrogen-bond donors (Lipinski definition) is 3. The van der Waals surface area contributed by atoms with Gasteiger partial charge in [0.1, 0.15) is 5.75 Å². The Morgan fingerprint density at radius 3 is 2.56 bits per heavy atom. The third-order valence-corrected chi connectivity index (χ3v) is 4.13. The van der Waals surface area contributed by atoms with Gasteiger partial charge in [-0.3, -0.25) is 14.4 Å². The second-order valence-corrected chi connectivity index (χ2v) is 6.28. The van der Waals surface area contributed by atoms with Crippen LogP contribution in [0.2, 0.25) is 0 Å². The minimum Gasteiger partial charge on any atom is -0.497 e. The Hall–Kier alpha value is -3.35. The van der Waals surface area contributed by atoms with E-state index in [1.54, 1.807) is 31.4 Å². The van der Waals surface area contributed by atoms with Gasteiger partial charge < -0.3 is 20.7 Å². The molecule has 2 aromatic rings. The molecule has 0 radical (unpaired) electrons. The van der Waals surface area contributed by atoms with Gasteiger partial charge in [-0.05, 0) is 42.7 Å². The van der Waals surface area contributed by atoms with Crippen LogP contribution in [0, 0.1) is 0 Å². The zero-order chi connectivity index (χ0) is 19.2. The molecule has 0 bridgehead atoms. The Morgan fingerprint density at radius 1 is 1.04 bits per heavy atom. The topological polar surface area (TPSA) is 96.5 Å². The van der Waals surface area contributed by atoms with Gasteiger partial charge in [0.15, 0.2) is 0 Å². The number of benzene rings is 2. The van der Waals surface area contributed by atoms with Crippen molar-refractivity contribution in [1.82, 2.24) is 10.6 Å². The largest absolute Gasteiger partial charge is 0.497 e. The van der Waals surface area contributed by atoms with Crippen LogP contribution < -0.4 is 20.7 Å². The summed E-state index contributed by atoms with van der Waals surface area (Å²) in [6, 6.07) is 14.0. The van der Waals surface area contributed by atoms with Gasteiger partial charge in [0, 0.05) is 12.6 Å². The predicted octanol–water partition coefficient (Wildman–Crippen LogP) is 1.84. The first-order valence-electron chi connectivity index (χ1n) is 8.69. The van der Waals surface area contributed by atoms with E-state index in [1.165, 1.54) is 0 Å². The van der Waals surface area contributed by atoms with Gasteiger partial charge in [-0.2, -0.15) is 0 Å². The first-order valence-corrected chi connectivity index (χ1v) is 8.69. The van der Waals surface area contributed by atoms with E-state index >= 15 is 0 Å². The van der Waals surface area contributed by atoms with E-state index in [0.29, 0.717) is 12.3 Å². The van der Waals surface area contributed by atoms with Gasteiger partial charge >= 0.3 is 11.8 Å². The molecule has 2 aromatic carbocycles. The zero-order valence-electron chi connectivity index (χ0n) is 15.0. The molecule has 3 rings (SSSR count). The van der Waals surface area contributed by atoms with Gasteiger partial charge in [0.2, 0.25) is 0 Å². The maximum absolute atomic E-state index is 12.5. The van der Waals surface area contributed by atoms with Crippen molar-refractivity contribution in [1.29, 1.82) is 0 Å². The Balaban J connectivity index is 1.64. The number of para-hydroxylation sites is 1. The monoisotopic (exact) mass is 367 g/mol. The van der Waals surface area contributed by atoms with Crippen molar-refractivity contribution in [3.05, 3.63) is 59.7 Å². The lowest BCUT2D eigenvalue weighted by atomic mass is 10.1. The summed E-state index contributed by atoms with van der Waals surface area (Å²) in [6.07, 6.45) is 1.78. The second-order valence-electron chi connectivity index (χ2n) is 6.28. The fraction of sp³-hybridized carbons (Fsp3) is 0.250. The highest BCUT2D eigenvalue weighted by Gasteiger charge is 2.26. The van der Waals surface area contributed by atoms with Crippen molar-refractivity contribution in [2.45, 2.75) is 25.4 Å². The molecule has 27 heavy (non-hydrogen) atoms. The zero-order valence-corrected chi connectivity index (χ0v) is 15.0. The number of hydrogen-bond acceptors (Lipinski definition) is 4. The fourth-order valence-corrected chi connectivity index (χ4v) is 2.51. The fourth-order valence-electron chi connectivity index (χ4n) is 2.51. The maximum Gasteiger partial charge on any atom is 0.313 e. The molecule has 7 heteroatoms. The van der Waals surface area contributed by atoms with E-state index in [-0.39, 0.29) is 23.2 Å². The molecule has 1 aliphatic rings. The minimum atomic E-state index is -0.782. The van der Waals surface area contributed by atoms with Crippen molar-refractivity contribution >= 4 is 23.4 Å². The predicted molar refractivity (Wildman–Crippen MR) is 100 cm³/mol. The van der Waals surface area contributed by atoms with Crippen LogP contribution in [0.15, 0.2) is 48.5 Å². The van der Waals surface area contributed by atoms with Crippen molar-refractivity contribution in [3.8, 4) is 5.75 Å². The summed E-state index contributed by atoms with van der Waals surface area (Å²) in [4.78, 5) is 36.4. The van der Waals surface area contributed by atoms with E-state index in [9.17, 15) is 14.4 Å². The molecule has 140 valence electrons. The van der Waals surface area contributed by atoms with E-state index in [2.05, 4.69) is 16.0 Å². The molecule has 0 heterocycles.